The van der Waals surface area contributed by atoms with Crippen LogP contribution >= 0.6 is 11.3 Å². The van der Waals surface area contributed by atoms with Crippen molar-refractivity contribution in [3.63, 3.8) is 0 Å². The molecule has 1 saturated carbocycles. The number of carboxylic acid groups (broad SMARTS) is 1. The number of benzene rings is 1. The largest absolute Gasteiger partial charge is 0.481 e. The van der Waals surface area contributed by atoms with E-state index in [9.17, 15) is 4.79 Å². The van der Waals surface area contributed by atoms with Gasteiger partial charge < -0.3 is 10.4 Å². The van der Waals surface area contributed by atoms with Crippen LogP contribution in [0.3, 0.4) is 0 Å². The van der Waals surface area contributed by atoms with Crippen molar-refractivity contribution >= 4 is 32.7 Å². The Morgan fingerprint density at radius 2 is 2.10 bits per heavy atom. The minimum absolute atomic E-state index is 0.161. The minimum Gasteiger partial charge on any atom is -0.481 e. The van der Waals surface area contributed by atoms with Gasteiger partial charge in [0.05, 0.1) is 16.1 Å². The summed E-state index contributed by atoms with van der Waals surface area (Å²) in [7, 11) is 0. The zero-order chi connectivity index (χ0) is 14.1. The average Bonchev–Trinajstić information content (AvgIpc) is 2.83. The molecule has 0 radical (unpaired) electrons. The van der Waals surface area contributed by atoms with E-state index in [1.807, 2.05) is 12.1 Å². The number of nitrogens with one attached hydrogen (secondary N) is 1. The fourth-order valence-corrected chi connectivity index (χ4v) is 3.82. The van der Waals surface area contributed by atoms with Gasteiger partial charge in [0, 0.05) is 6.04 Å². The number of hydrogen-bond donors (Lipinski definition) is 2. The Bertz CT molecular complexity index is 630. The molecule has 1 aliphatic carbocycles. The number of aliphatic carboxylic acids is 1. The van der Waals surface area contributed by atoms with Gasteiger partial charge >= 0.3 is 5.97 Å². The van der Waals surface area contributed by atoms with Gasteiger partial charge in [0.2, 0.25) is 0 Å². The fourth-order valence-electron chi connectivity index (χ4n) is 2.81. The first-order chi connectivity index (χ1) is 9.63. The molecule has 1 aliphatic rings. The molecule has 0 aliphatic heterocycles. The van der Waals surface area contributed by atoms with Crippen LogP contribution in [0.15, 0.2) is 18.2 Å². The number of thiazole rings is 1. The Hall–Kier alpha value is -1.62. The van der Waals surface area contributed by atoms with E-state index in [-0.39, 0.29) is 5.92 Å². The molecule has 0 atom stereocenters. The summed E-state index contributed by atoms with van der Waals surface area (Å²) in [5.74, 6) is -0.815. The van der Waals surface area contributed by atoms with Gasteiger partial charge in [0.15, 0.2) is 5.13 Å². The molecule has 3 rings (SSSR count). The number of rotatable bonds is 3. The second kappa shape index (κ2) is 5.40. The standard InChI is InChI=1S/C15H18N2O2S/c1-9-3-2-4-12-13(9)20-15(17-12)16-11-7-5-10(6-8-11)14(18)19/h2-4,10-11H,5-8H2,1H3,(H,16,17)(H,18,19). The highest BCUT2D eigenvalue weighted by atomic mass is 32.1. The number of fused-ring (bicyclic) bond motifs is 1. The number of carboxylic acids is 1. The maximum atomic E-state index is 10.9. The molecular formula is C15H18N2O2S. The zero-order valence-electron chi connectivity index (χ0n) is 11.4. The van der Waals surface area contributed by atoms with Gasteiger partial charge in [0.25, 0.3) is 0 Å². The smallest absolute Gasteiger partial charge is 0.306 e. The van der Waals surface area contributed by atoms with Crippen molar-refractivity contribution in [3.8, 4) is 0 Å². The van der Waals surface area contributed by atoms with Crippen molar-refractivity contribution < 1.29 is 9.90 Å². The van der Waals surface area contributed by atoms with E-state index < -0.39 is 5.97 Å². The molecule has 0 amide bonds. The van der Waals surface area contributed by atoms with Crippen LogP contribution in [0, 0.1) is 12.8 Å². The zero-order valence-corrected chi connectivity index (χ0v) is 12.2. The summed E-state index contributed by atoms with van der Waals surface area (Å²) < 4.78 is 1.23. The summed E-state index contributed by atoms with van der Waals surface area (Å²) in [5, 5.41) is 13.4. The molecule has 2 aromatic rings. The number of hydrogen-bond acceptors (Lipinski definition) is 4. The second-order valence-electron chi connectivity index (χ2n) is 5.47. The van der Waals surface area contributed by atoms with Crippen LogP contribution in [0.5, 0.6) is 0 Å². The van der Waals surface area contributed by atoms with Crippen molar-refractivity contribution in [2.24, 2.45) is 5.92 Å². The molecule has 0 spiro atoms. The monoisotopic (exact) mass is 290 g/mol. The molecule has 0 unspecified atom stereocenters. The number of carbonyl (C=O) groups is 1. The highest BCUT2D eigenvalue weighted by molar-refractivity contribution is 7.22. The van der Waals surface area contributed by atoms with E-state index in [1.54, 1.807) is 11.3 Å². The molecule has 106 valence electrons. The topological polar surface area (TPSA) is 62.2 Å². The first-order valence-corrected chi connectivity index (χ1v) is 7.80. The van der Waals surface area contributed by atoms with Gasteiger partial charge in [-0.05, 0) is 44.2 Å². The molecule has 0 bridgehead atoms. The lowest BCUT2D eigenvalue weighted by Crippen LogP contribution is -2.29. The van der Waals surface area contributed by atoms with Crippen molar-refractivity contribution in [2.45, 2.75) is 38.6 Å². The molecular weight excluding hydrogens is 272 g/mol. The third-order valence-corrected chi connectivity index (χ3v) is 5.15. The molecule has 4 nitrogen and oxygen atoms in total. The maximum absolute atomic E-state index is 10.9. The van der Waals surface area contributed by atoms with Gasteiger partial charge in [-0.25, -0.2) is 4.98 Å². The molecule has 5 heteroatoms. The van der Waals surface area contributed by atoms with E-state index in [2.05, 4.69) is 23.3 Å². The van der Waals surface area contributed by atoms with Crippen molar-refractivity contribution in [1.82, 2.24) is 4.98 Å². The first kappa shape index (κ1) is 13.4. The molecule has 0 saturated heterocycles. The Balaban J connectivity index is 1.68. The van der Waals surface area contributed by atoms with E-state index in [0.29, 0.717) is 6.04 Å². The molecule has 1 fully saturated rings. The van der Waals surface area contributed by atoms with Gasteiger partial charge in [0.1, 0.15) is 0 Å². The first-order valence-electron chi connectivity index (χ1n) is 6.99. The van der Waals surface area contributed by atoms with Gasteiger partial charge in [-0.15, -0.1) is 0 Å². The summed E-state index contributed by atoms with van der Waals surface area (Å²) >= 11 is 1.69. The van der Waals surface area contributed by atoms with Crippen LogP contribution in [-0.4, -0.2) is 22.1 Å². The summed E-state index contributed by atoms with van der Waals surface area (Å²) in [6.45, 7) is 2.10. The molecule has 1 heterocycles. The molecule has 1 aromatic carbocycles. The Kier molecular flexibility index (Phi) is 3.61. The van der Waals surface area contributed by atoms with Crippen LogP contribution in [0.25, 0.3) is 10.2 Å². The van der Waals surface area contributed by atoms with E-state index >= 15 is 0 Å². The summed E-state index contributed by atoms with van der Waals surface area (Å²) in [6.07, 6.45) is 3.34. The Labute approximate surface area is 121 Å². The predicted octanol–water partition coefficient (Wildman–Crippen LogP) is 3.66. The third kappa shape index (κ3) is 2.63. The van der Waals surface area contributed by atoms with Crippen LogP contribution < -0.4 is 5.32 Å². The van der Waals surface area contributed by atoms with E-state index in [4.69, 9.17) is 5.11 Å². The Morgan fingerprint density at radius 3 is 2.75 bits per heavy atom. The summed E-state index contributed by atoms with van der Waals surface area (Å²) in [4.78, 5) is 15.6. The minimum atomic E-state index is -0.654. The average molecular weight is 290 g/mol. The number of aromatic nitrogens is 1. The van der Waals surface area contributed by atoms with Crippen molar-refractivity contribution in [2.75, 3.05) is 5.32 Å². The SMILES string of the molecule is Cc1cccc2nc(NC3CCC(C(=O)O)CC3)sc12. The van der Waals surface area contributed by atoms with E-state index in [1.165, 1.54) is 10.3 Å². The van der Waals surface area contributed by atoms with E-state index in [0.717, 1.165) is 36.3 Å². The van der Waals surface area contributed by atoms with Gasteiger partial charge in [-0.2, -0.15) is 0 Å². The van der Waals surface area contributed by atoms with Crippen LogP contribution in [0.4, 0.5) is 5.13 Å². The predicted molar refractivity (Wildman–Crippen MR) is 81.4 cm³/mol. The quantitative estimate of drug-likeness (QED) is 0.905. The van der Waals surface area contributed by atoms with Crippen molar-refractivity contribution in [1.29, 1.82) is 0 Å². The number of aryl methyl sites for hydroxylation is 1. The van der Waals surface area contributed by atoms with Gasteiger partial charge in [-0.1, -0.05) is 23.5 Å². The molecule has 20 heavy (non-hydrogen) atoms. The second-order valence-corrected chi connectivity index (χ2v) is 6.47. The lowest BCUT2D eigenvalue weighted by Gasteiger charge is -2.26. The van der Waals surface area contributed by atoms with Gasteiger partial charge in [-0.3, -0.25) is 4.79 Å². The highest BCUT2D eigenvalue weighted by Crippen LogP contribution is 2.32. The highest BCUT2D eigenvalue weighted by Gasteiger charge is 2.26. The maximum Gasteiger partial charge on any atom is 0.306 e. The lowest BCUT2D eigenvalue weighted by atomic mass is 9.86. The van der Waals surface area contributed by atoms with Crippen LogP contribution in [-0.2, 0) is 4.79 Å². The van der Waals surface area contributed by atoms with Crippen LogP contribution in [0.2, 0.25) is 0 Å². The molecule has 2 N–H and O–H groups in total. The summed E-state index contributed by atoms with van der Waals surface area (Å²) in [5.41, 5.74) is 2.29. The van der Waals surface area contributed by atoms with Crippen molar-refractivity contribution in [3.05, 3.63) is 23.8 Å². The summed E-state index contributed by atoms with van der Waals surface area (Å²) in [6, 6.07) is 6.51. The fraction of sp³-hybridized carbons (Fsp3) is 0.467. The Morgan fingerprint density at radius 1 is 1.35 bits per heavy atom. The normalized spacial score (nSPS) is 22.9. The third-order valence-electron chi connectivity index (χ3n) is 4.02. The van der Waals surface area contributed by atoms with Crippen LogP contribution in [0.1, 0.15) is 31.2 Å². The lowest BCUT2D eigenvalue weighted by molar-refractivity contribution is -0.142. The number of anilines is 1. The molecule has 1 aromatic heterocycles. The number of nitrogens with zero attached hydrogens (tertiary/aromatic N) is 1.